The highest BCUT2D eigenvalue weighted by atomic mass is 16.4. The molecule has 2 fully saturated rings. The number of carbonyl (C=O) groups is 2. The summed E-state index contributed by atoms with van der Waals surface area (Å²) in [5, 5.41) is 24.0. The molecule has 3 rings (SSSR count). The molecule has 0 radical (unpaired) electrons. The summed E-state index contributed by atoms with van der Waals surface area (Å²) in [6.45, 7) is 0. The number of nitrogens with one attached hydrogen (secondary N) is 2. The molecule has 6 heteroatoms. The minimum absolute atomic E-state index is 0.186. The first-order valence-electron chi connectivity index (χ1n) is 7.16. The van der Waals surface area contributed by atoms with Crippen LogP contribution in [0, 0.1) is 11.8 Å². The topological polar surface area (TPSA) is 98.7 Å². The lowest BCUT2D eigenvalue weighted by Gasteiger charge is -2.23. The average Bonchev–Trinajstić information content (AvgIpc) is 3.00. The van der Waals surface area contributed by atoms with Gasteiger partial charge in [0.2, 0.25) is 0 Å². The van der Waals surface area contributed by atoms with Gasteiger partial charge < -0.3 is 20.8 Å². The lowest BCUT2D eigenvalue weighted by Crippen LogP contribution is -2.40. The van der Waals surface area contributed by atoms with E-state index in [2.05, 4.69) is 10.6 Å². The van der Waals surface area contributed by atoms with Gasteiger partial charge in [0.05, 0.1) is 0 Å². The Morgan fingerprint density at radius 1 is 1.19 bits per heavy atom. The van der Waals surface area contributed by atoms with Gasteiger partial charge in [-0.1, -0.05) is 6.42 Å². The fraction of sp³-hybridized carbons (Fsp3) is 0.467. The molecule has 0 aliphatic heterocycles. The zero-order chi connectivity index (χ0) is 15.0. The summed E-state index contributed by atoms with van der Waals surface area (Å²) in [6.07, 6.45) is 4.71. The van der Waals surface area contributed by atoms with Crippen LogP contribution < -0.4 is 10.6 Å². The van der Waals surface area contributed by atoms with Crippen molar-refractivity contribution in [2.75, 3.05) is 5.32 Å². The third-order valence-electron chi connectivity index (χ3n) is 4.54. The van der Waals surface area contributed by atoms with E-state index in [0.29, 0.717) is 11.6 Å². The van der Waals surface area contributed by atoms with Crippen LogP contribution in [0.15, 0.2) is 18.2 Å². The van der Waals surface area contributed by atoms with E-state index in [9.17, 15) is 14.7 Å². The molecule has 2 bridgehead atoms. The summed E-state index contributed by atoms with van der Waals surface area (Å²) in [4.78, 5) is 22.8. The van der Waals surface area contributed by atoms with Gasteiger partial charge in [0.25, 0.3) is 0 Å². The second-order valence-electron chi connectivity index (χ2n) is 5.92. The number of carboxylic acids is 1. The number of urea groups is 1. The van der Waals surface area contributed by atoms with Gasteiger partial charge in [-0.2, -0.15) is 0 Å². The quantitative estimate of drug-likeness (QED) is 0.687. The van der Waals surface area contributed by atoms with Crippen LogP contribution in [0.25, 0.3) is 0 Å². The maximum absolute atomic E-state index is 12.0. The summed E-state index contributed by atoms with van der Waals surface area (Å²) in [5.41, 5.74) is 0.187. The van der Waals surface area contributed by atoms with Gasteiger partial charge >= 0.3 is 12.0 Å². The third kappa shape index (κ3) is 2.79. The molecule has 1 aromatic carbocycles. The number of benzene rings is 1. The number of hydrogen-bond acceptors (Lipinski definition) is 3. The molecular weight excluding hydrogens is 272 g/mol. The highest BCUT2D eigenvalue weighted by Gasteiger charge is 2.40. The van der Waals surface area contributed by atoms with Crippen LogP contribution in [0.2, 0.25) is 0 Å². The van der Waals surface area contributed by atoms with Crippen LogP contribution >= 0.6 is 0 Å². The lowest BCUT2D eigenvalue weighted by atomic mass is 9.95. The molecule has 0 aromatic heterocycles. The predicted molar refractivity (Wildman–Crippen MR) is 76.5 cm³/mol. The van der Waals surface area contributed by atoms with Crippen LogP contribution in [0.5, 0.6) is 5.75 Å². The Hall–Kier alpha value is -2.24. The molecule has 0 spiro atoms. The molecule has 1 aromatic rings. The minimum atomic E-state index is -1.20. The fourth-order valence-corrected chi connectivity index (χ4v) is 3.55. The van der Waals surface area contributed by atoms with Crippen molar-refractivity contribution in [1.82, 2.24) is 5.32 Å². The number of amides is 2. The zero-order valence-corrected chi connectivity index (χ0v) is 11.5. The van der Waals surface area contributed by atoms with Crippen molar-refractivity contribution in [3.05, 3.63) is 23.8 Å². The van der Waals surface area contributed by atoms with Gasteiger partial charge in [-0.25, -0.2) is 9.59 Å². The Morgan fingerprint density at radius 2 is 2.00 bits per heavy atom. The Morgan fingerprint density at radius 3 is 2.57 bits per heavy atom. The Balaban J connectivity index is 1.60. The Labute approximate surface area is 122 Å². The van der Waals surface area contributed by atoms with Crippen LogP contribution in [0.4, 0.5) is 10.5 Å². The van der Waals surface area contributed by atoms with E-state index in [-0.39, 0.29) is 23.4 Å². The van der Waals surface area contributed by atoms with Crippen molar-refractivity contribution >= 4 is 17.7 Å². The predicted octanol–water partition coefficient (Wildman–Crippen LogP) is 2.40. The molecule has 3 atom stereocenters. The van der Waals surface area contributed by atoms with Crippen LogP contribution in [-0.2, 0) is 0 Å². The smallest absolute Gasteiger partial charge is 0.339 e. The van der Waals surface area contributed by atoms with E-state index in [1.807, 2.05) is 0 Å². The standard InChI is InChI=1S/C15H18N2O4/c18-13-7-10(3-4-11(13)14(19)20)16-15(21)17-12-6-8-1-2-9(12)5-8/h3-4,7-9,12,18H,1-2,5-6H2,(H,19,20)(H2,16,17,21). The first kappa shape index (κ1) is 13.7. The molecule has 2 aliphatic rings. The van der Waals surface area contributed by atoms with E-state index < -0.39 is 5.97 Å². The van der Waals surface area contributed by atoms with Gasteiger partial charge in [0, 0.05) is 17.8 Å². The number of hydrogen-bond donors (Lipinski definition) is 4. The maximum atomic E-state index is 12.0. The normalized spacial score (nSPS) is 26.6. The zero-order valence-electron chi connectivity index (χ0n) is 11.5. The number of carboxylic acid groups (broad SMARTS) is 1. The summed E-state index contributed by atoms with van der Waals surface area (Å²) in [6, 6.07) is 3.89. The third-order valence-corrected chi connectivity index (χ3v) is 4.54. The van der Waals surface area contributed by atoms with Crippen molar-refractivity contribution in [2.24, 2.45) is 11.8 Å². The highest BCUT2D eigenvalue weighted by molar-refractivity contribution is 5.94. The van der Waals surface area contributed by atoms with Crippen molar-refractivity contribution in [3.63, 3.8) is 0 Å². The SMILES string of the molecule is O=C(Nc1ccc(C(=O)O)c(O)c1)NC1CC2CCC1C2. The van der Waals surface area contributed by atoms with Crippen molar-refractivity contribution < 1.29 is 19.8 Å². The highest BCUT2D eigenvalue weighted by Crippen LogP contribution is 2.44. The van der Waals surface area contributed by atoms with E-state index in [0.717, 1.165) is 12.3 Å². The number of rotatable bonds is 3. The van der Waals surface area contributed by atoms with E-state index in [1.165, 1.54) is 37.5 Å². The van der Waals surface area contributed by atoms with Gasteiger partial charge in [-0.05, 0) is 43.2 Å². The summed E-state index contributed by atoms with van der Waals surface area (Å²) in [5.74, 6) is -0.228. The molecule has 3 unspecified atom stereocenters. The number of aromatic hydroxyl groups is 1. The summed E-state index contributed by atoms with van der Waals surface area (Å²) >= 11 is 0. The molecule has 2 amide bonds. The van der Waals surface area contributed by atoms with Gasteiger partial charge in [-0.3, -0.25) is 0 Å². The van der Waals surface area contributed by atoms with E-state index in [4.69, 9.17) is 5.11 Å². The molecule has 6 nitrogen and oxygen atoms in total. The molecule has 0 saturated heterocycles. The number of phenols is 1. The largest absolute Gasteiger partial charge is 0.507 e. The summed E-state index contributed by atoms with van der Waals surface area (Å²) < 4.78 is 0. The van der Waals surface area contributed by atoms with Crippen LogP contribution in [0.3, 0.4) is 0 Å². The first-order chi connectivity index (χ1) is 10.0. The van der Waals surface area contributed by atoms with Crippen molar-refractivity contribution in [1.29, 1.82) is 0 Å². The van der Waals surface area contributed by atoms with Gasteiger partial charge in [-0.15, -0.1) is 0 Å². The van der Waals surface area contributed by atoms with E-state index in [1.54, 1.807) is 0 Å². The van der Waals surface area contributed by atoms with Crippen LogP contribution in [-0.4, -0.2) is 28.3 Å². The summed E-state index contributed by atoms with van der Waals surface area (Å²) in [7, 11) is 0. The molecular formula is C15H18N2O4. The maximum Gasteiger partial charge on any atom is 0.339 e. The number of fused-ring (bicyclic) bond motifs is 2. The molecule has 112 valence electrons. The number of aromatic carboxylic acids is 1. The second kappa shape index (κ2) is 5.27. The molecule has 2 aliphatic carbocycles. The van der Waals surface area contributed by atoms with Crippen molar-refractivity contribution in [2.45, 2.75) is 31.7 Å². The van der Waals surface area contributed by atoms with Crippen LogP contribution in [0.1, 0.15) is 36.0 Å². The molecule has 2 saturated carbocycles. The number of carbonyl (C=O) groups excluding carboxylic acids is 1. The minimum Gasteiger partial charge on any atom is -0.507 e. The molecule has 21 heavy (non-hydrogen) atoms. The second-order valence-corrected chi connectivity index (χ2v) is 5.92. The lowest BCUT2D eigenvalue weighted by molar-refractivity contribution is 0.0694. The number of anilines is 1. The molecule has 0 heterocycles. The first-order valence-corrected chi connectivity index (χ1v) is 7.16. The van der Waals surface area contributed by atoms with E-state index >= 15 is 0 Å². The Bertz CT molecular complexity index is 587. The average molecular weight is 290 g/mol. The Kier molecular flexibility index (Phi) is 3.45. The fourth-order valence-electron chi connectivity index (χ4n) is 3.55. The molecule has 4 N–H and O–H groups in total. The van der Waals surface area contributed by atoms with Gasteiger partial charge in [0.1, 0.15) is 11.3 Å². The van der Waals surface area contributed by atoms with Gasteiger partial charge in [0.15, 0.2) is 0 Å². The van der Waals surface area contributed by atoms with Crippen molar-refractivity contribution in [3.8, 4) is 5.75 Å². The monoisotopic (exact) mass is 290 g/mol.